The molecule has 0 aliphatic heterocycles. The molecule has 0 saturated heterocycles. The molecule has 0 radical (unpaired) electrons. The normalized spacial score (nSPS) is 11.1. The van der Waals surface area contributed by atoms with Gasteiger partial charge in [0.05, 0.1) is 18.6 Å². The summed E-state index contributed by atoms with van der Waals surface area (Å²) in [4.78, 5) is 8.65. The van der Waals surface area contributed by atoms with Gasteiger partial charge in [-0.3, -0.25) is 9.55 Å². The van der Waals surface area contributed by atoms with Crippen molar-refractivity contribution in [1.82, 2.24) is 29.9 Å². The van der Waals surface area contributed by atoms with E-state index in [4.69, 9.17) is 20.5 Å². The SMILES string of the molecule is Clc1cccc(-c2noc(CSc3nnc(-c4cccnc4)n3Cc3ccco3)n2)c1. The van der Waals surface area contributed by atoms with Crippen molar-refractivity contribution in [2.24, 2.45) is 0 Å². The van der Waals surface area contributed by atoms with Crippen LogP contribution in [0.3, 0.4) is 0 Å². The van der Waals surface area contributed by atoms with Crippen LogP contribution in [0.15, 0.2) is 81.3 Å². The van der Waals surface area contributed by atoms with Crippen molar-refractivity contribution >= 4 is 23.4 Å². The van der Waals surface area contributed by atoms with E-state index in [0.29, 0.717) is 40.0 Å². The highest BCUT2D eigenvalue weighted by atomic mass is 35.5. The topological polar surface area (TPSA) is 95.7 Å². The van der Waals surface area contributed by atoms with E-state index in [1.807, 2.05) is 41.0 Å². The molecule has 10 heteroatoms. The molecule has 5 rings (SSSR count). The molecular weight excluding hydrogens is 436 g/mol. The number of hydrogen-bond acceptors (Lipinski definition) is 8. The second kappa shape index (κ2) is 8.75. The number of aromatic nitrogens is 6. The minimum Gasteiger partial charge on any atom is -0.467 e. The Morgan fingerprint density at radius 2 is 1.97 bits per heavy atom. The van der Waals surface area contributed by atoms with E-state index >= 15 is 0 Å². The van der Waals surface area contributed by atoms with Gasteiger partial charge in [-0.1, -0.05) is 40.7 Å². The first-order valence-corrected chi connectivity index (χ1v) is 10.7. The Bertz CT molecular complexity index is 1290. The number of halogens is 1. The predicted molar refractivity (Wildman–Crippen MR) is 115 cm³/mol. The second-order valence-corrected chi connectivity index (χ2v) is 7.90. The number of rotatable bonds is 7. The summed E-state index contributed by atoms with van der Waals surface area (Å²) in [7, 11) is 0. The first-order chi connectivity index (χ1) is 15.3. The molecule has 0 atom stereocenters. The Hall–Kier alpha value is -3.43. The maximum Gasteiger partial charge on any atom is 0.237 e. The second-order valence-electron chi connectivity index (χ2n) is 6.52. The summed E-state index contributed by atoms with van der Waals surface area (Å²) in [6.07, 6.45) is 5.12. The molecule has 4 heterocycles. The molecule has 0 aliphatic carbocycles. The highest BCUT2D eigenvalue weighted by Crippen LogP contribution is 2.28. The number of pyridine rings is 1. The van der Waals surface area contributed by atoms with E-state index in [1.165, 1.54) is 11.8 Å². The van der Waals surface area contributed by atoms with Gasteiger partial charge in [0, 0.05) is 28.5 Å². The first kappa shape index (κ1) is 19.5. The fourth-order valence-corrected chi connectivity index (χ4v) is 3.96. The molecule has 31 heavy (non-hydrogen) atoms. The number of benzene rings is 1. The molecule has 0 fully saturated rings. The molecule has 0 amide bonds. The molecule has 1 aromatic carbocycles. The zero-order valence-corrected chi connectivity index (χ0v) is 17.6. The van der Waals surface area contributed by atoms with Crippen LogP contribution < -0.4 is 0 Å². The lowest BCUT2D eigenvalue weighted by Gasteiger charge is -2.08. The van der Waals surface area contributed by atoms with E-state index in [0.717, 1.165) is 16.9 Å². The van der Waals surface area contributed by atoms with Crippen LogP contribution in [0, 0.1) is 0 Å². The van der Waals surface area contributed by atoms with Crippen LogP contribution in [0.25, 0.3) is 22.8 Å². The number of furan rings is 1. The Kier molecular flexibility index (Phi) is 5.51. The molecule has 0 spiro atoms. The Balaban J connectivity index is 1.39. The summed E-state index contributed by atoms with van der Waals surface area (Å²) in [6, 6.07) is 14.9. The van der Waals surface area contributed by atoms with E-state index in [2.05, 4.69) is 25.3 Å². The van der Waals surface area contributed by atoms with Crippen LogP contribution >= 0.6 is 23.4 Å². The molecule has 4 aromatic heterocycles. The van der Waals surface area contributed by atoms with Gasteiger partial charge in [-0.2, -0.15) is 4.98 Å². The highest BCUT2D eigenvalue weighted by Gasteiger charge is 2.18. The van der Waals surface area contributed by atoms with Crippen molar-refractivity contribution in [3.8, 4) is 22.8 Å². The standard InChI is InChI=1S/C21H15ClN6O2S/c22-16-6-1-4-14(10-16)19-24-18(30-27-19)13-31-21-26-25-20(15-5-2-8-23-11-15)28(21)12-17-7-3-9-29-17/h1-11H,12-13H2. The summed E-state index contributed by atoms with van der Waals surface area (Å²) in [5.41, 5.74) is 1.67. The lowest BCUT2D eigenvalue weighted by Crippen LogP contribution is -2.03. The third kappa shape index (κ3) is 4.37. The number of thioether (sulfide) groups is 1. The molecule has 0 bridgehead atoms. The molecule has 5 aromatic rings. The van der Waals surface area contributed by atoms with Crippen molar-refractivity contribution in [2.45, 2.75) is 17.5 Å². The van der Waals surface area contributed by atoms with Crippen LogP contribution in [-0.4, -0.2) is 29.9 Å². The van der Waals surface area contributed by atoms with Gasteiger partial charge in [-0.05, 0) is 36.4 Å². The zero-order valence-electron chi connectivity index (χ0n) is 16.1. The minimum atomic E-state index is 0.441. The molecular formula is C21H15ClN6O2S. The number of hydrogen-bond donors (Lipinski definition) is 0. The van der Waals surface area contributed by atoms with E-state index in [9.17, 15) is 0 Å². The van der Waals surface area contributed by atoms with Crippen LogP contribution in [0.1, 0.15) is 11.7 Å². The summed E-state index contributed by atoms with van der Waals surface area (Å²) >= 11 is 7.51. The van der Waals surface area contributed by atoms with Crippen molar-refractivity contribution in [3.63, 3.8) is 0 Å². The van der Waals surface area contributed by atoms with Gasteiger partial charge >= 0.3 is 0 Å². The van der Waals surface area contributed by atoms with Crippen molar-refractivity contribution in [2.75, 3.05) is 0 Å². The minimum absolute atomic E-state index is 0.441. The Morgan fingerprint density at radius 1 is 1.03 bits per heavy atom. The van der Waals surface area contributed by atoms with Crippen LogP contribution in [-0.2, 0) is 12.3 Å². The maximum absolute atomic E-state index is 6.05. The molecule has 0 N–H and O–H groups in total. The van der Waals surface area contributed by atoms with Gasteiger partial charge < -0.3 is 8.94 Å². The Morgan fingerprint density at radius 3 is 2.77 bits per heavy atom. The van der Waals surface area contributed by atoms with E-state index in [-0.39, 0.29) is 0 Å². The smallest absolute Gasteiger partial charge is 0.237 e. The quantitative estimate of drug-likeness (QED) is 0.320. The first-order valence-electron chi connectivity index (χ1n) is 9.33. The van der Waals surface area contributed by atoms with E-state index < -0.39 is 0 Å². The van der Waals surface area contributed by atoms with Crippen molar-refractivity contribution < 1.29 is 8.94 Å². The van der Waals surface area contributed by atoms with Crippen LogP contribution in [0.5, 0.6) is 0 Å². The average Bonchev–Trinajstić information content (AvgIpc) is 3.55. The van der Waals surface area contributed by atoms with Crippen molar-refractivity contribution in [1.29, 1.82) is 0 Å². The monoisotopic (exact) mass is 450 g/mol. The largest absolute Gasteiger partial charge is 0.467 e. The van der Waals surface area contributed by atoms with Gasteiger partial charge in [-0.15, -0.1) is 10.2 Å². The third-order valence-corrected chi connectivity index (χ3v) is 5.59. The fourth-order valence-electron chi connectivity index (χ4n) is 2.99. The zero-order chi connectivity index (χ0) is 21.0. The van der Waals surface area contributed by atoms with Gasteiger partial charge in [0.25, 0.3) is 0 Å². The van der Waals surface area contributed by atoms with Crippen LogP contribution in [0.2, 0.25) is 5.02 Å². The summed E-state index contributed by atoms with van der Waals surface area (Å²) in [5.74, 6) is 2.92. The van der Waals surface area contributed by atoms with Crippen molar-refractivity contribution in [3.05, 3.63) is 83.9 Å². The molecule has 0 aliphatic rings. The van der Waals surface area contributed by atoms with Gasteiger partial charge in [-0.25, -0.2) is 0 Å². The molecule has 0 unspecified atom stereocenters. The maximum atomic E-state index is 6.05. The molecule has 8 nitrogen and oxygen atoms in total. The average molecular weight is 451 g/mol. The van der Waals surface area contributed by atoms with Gasteiger partial charge in [0.15, 0.2) is 11.0 Å². The highest BCUT2D eigenvalue weighted by molar-refractivity contribution is 7.98. The van der Waals surface area contributed by atoms with E-state index in [1.54, 1.807) is 30.8 Å². The van der Waals surface area contributed by atoms with Gasteiger partial charge in [0.1, 0.15) is 5.76 Å². The fraction of sp³-hybridized carbons (Fsp3) is 0.0952. The predicted octanol–water partition coefficient (Wildman–Crippen LogP) is 4.98. The summed E-state index contributed by atoms with van der Waals surface area (Å²) < 4.78 is 12.9. The molecule has 154 valence electrons. The summed E-state index contributed by atoms with van der Waals surface area (Å²) in [6.45, 7) is 0.490. The number of nitrogens with zero attached hydrogens (tertiary/aromatic N) is 6. The summed E-state index contributed by atoms with van der Waals surface area (Å²) in [5, 5.41) is 14.1. The Labute approximate surface area is 186 Å². The third-order valence-electron chi connectivity index (χ3n) is 4.41. The van der Waals surface area contributed by atoms with Gasteiger partial charge in [0.2, 0.25) is 11.7 Å². The lowest BCUT2D eigenvalue weighted by atomic mass is 10.2. The molecule has 0 saturated carbocycles. The van der Waals surface area contributed by atoms with Crippen LogP contribution in [0.4, 0.5) is 0 Å². The lowest BCUT2D eigenvalue weighted by molar-refractivity contribution is 0.391.